The molecule has 0 aliphatic carbocycles. The number of hydrogen-bond acceptors (Lipinski definition) is 5. The molecule has 0 saturated heterocycles. The summed E-state index contributed by atoms with van der Waals surface area (Å²) in [6.07, 6.45) is 1.18. The summed E-state index contributed by atoms with van der Waals surface area (Å²) >= 11 is 0. The Hall–Kier alpha value is -2.90. The van der Waals surface area contributed by atoms with Crippen molar-refractivity contribution in [3.05, 3.63) is 35.4 Å². The van der Waals surface area contributed by atoms with E-state index in [0.29, 0.717) is 17.7 Å². The maximum Gasteiger partial charge on any atom is 0.407 e. The molecule has 1 atom stereocenters. The van der Waals surface area contributed by atoms with Crippen molar-refractivity contribution in [3.8, 4) is 0 Å². The molecule has 0 fully saturated rings. The van der Waals surface area contributed by atoms with Crippen LogP contribution in [0, 0.1) is 0 Å². The zero-order valence-electron chi connectivity index (χ0n) is 14.9. The summed E-state index contributed by atoms with van der Waals surface area (Å²) in [7, 11) is 0. The molecule has 0 aromatic heterocycles. The second-order valence-corrected chi connectivity index (χ2v) is 5.91. The normalized spacial score (nSPS) is 14.0. The van der Waals surface area contributed by atoms with E-state index in [1.807, 2.05) is 6.92 Å². The van der Waals surface area contributed by atoms with Crippen molar-refractivity contribution < 1.29 is 23.9 Å². The van der Waals surface area contributed by atoms with Crippen LogP contribution < -0.4 is 10.6 Å². The Labute approximate surface area is 151 Å². The fourth-order valence-corrected chi connectivity index (χ4v) is 2.54. The molecular weight excluding hydrogens is 338 g/mol. The summed E-state index contributed by atoms with van der Waals surface area (Å²) in [5.41, 5.74) is 0.599. The summed E-state index contributed by atoms with van der Waals surface area (Å²) in [6, 6.07) is 5.52. The molecule has 1 aliphatic rings. The van der Waals surface area contributed by atoms with Crippen LogP contribution in [0.4, 0.5) is 4.79 Å². The van der Waals surface area contributed by atoms with Crippen LogP contribution in [-0.2, 0) is 9.53 Å². The Morgan fingerprint density at radius 1 is 1.08 bits per heavy atom. The highest BCUT2D eigenvalue weighted by molar-refractivity contribution is 6.22. The Morgan fingerprint density at radius 3 is 2.23 bits per heavy atom. The number of carbonyl (C=O) groups is 4. The number of nitrogens with one attached hydrogen (secondary N) is 2. The molecule has 26 heavy (non-hydrogen) atoms. The van der Waals surface area contributed by atoms with Crippen LogP contribution in [0.25, 0.3) is 0 Å². The van der Waals surface area contributed by atoms with E-state index in [-0.39, 0.29) is 13.1 Å². The van der Waals surface area contributed by atoms with Crippen molar-refractivity contribution in [2.24, 2.45) is 0 Å². The highest BCUT2D eigenvalue weighted by atomic mass is 16.5. The summed E-state index contributed by atoms with van der Waals surface area (Å²) in [6.45, 7) is 4.18. The Balaban J connectivity index is 1.79. The molecule has 140 valence electrons. The molecule has 1 aromatic rings. The fourth-order valence-electron chi connectivity index (χ4n) is 2.54. The summed E-state index contributed by atoms with van der Waals surface area (Å²) in [4.78, 5) is 49.2. The largest absolute Gasteiger partial charge is 0.450 e. The maximum absolute atomic E-state index is 12.3. The van der Waals surface area contributed by atoms with Crippen LogP contribution in [0.1, 0.15) is 47.4 Å². The lowest BCUT2D eigenvalue weighted by Crippen LogP contribution is -2.49. The van der Waals surface area contributed by atoms with Gasteiger partial charge in [0.1, 0.15) is 6.04 Å². The lowest BCUT2D eigenvalue weighted by atomic mass is 10.1. The predicted molar refractivity (Wildman–Crippen MR) is 93.7 cm³/mol. The molecule has 1 aliphatic heterocycles. The number of amides is 4. The van der Waals surface area contributed by atoms with E-state index in [2.05, 4.69) is 10.6 Å². The van der Waals surface area contributed by atoms with Crippen molar-refractivity contribution in [1.29, 1.82) is 0 Å². The summed E-state index contributed by atoms with van der Waals surface area (Å²) in [5, 5.41) is 5.11. The van der Waals surface area contributed by atoms with Gasteiger partial charge in [-0.1, -0.05) is 25.5 Å². The third-order valence-corrected chi connectivity index (χ3v) is 4.02. The van der Waals surface area contributed by atoms with Gasteiger partial charge in [-0.2, -0.15) is 0 Å². The second-order valence-electron chi connectivity index (χ2n) is 5.91. The van der Waals surface area contributed by atoms with Gasteiger partial charge in [-0.15, -0.1) is 0 Å². The maximum atomic E-state index is 12.3. The topological polar surface area (TPSA) is 105 Å². The number of hydrogen-bond donors (Lipinski definition) is 2. The molecule has 4 amide bonds. The van der Waals surface area contributed by atoms with Crippen molar-refractivity contribution in [1.82, 2.24) is 15.5 Å². The molecule has 1 unspecified atom stereocenters. The van der Waals surface area contributed by atoms with Crippen molar-refractivity contribution >= 4 is 23.8 Å². The van der Waals surface area contributed by atoms with E-state index in [1.54, 1.807) is 24.3 Å². The molecule has 8 heteroatoms. The first-order valence-electron chi connectivity index (χ1n) is 8.62. The van der Waals surface area contributed by atoms with Crippen LogP contribution in [-0.4, -0.2) is 54.5 Å². The van der Waals surface area contributed by atoms with Gasteiger partial charge in [0.05, 0.1) is 17.7 Å². The third-order valence-electron chi connectivity index (χ3n) is 4.02. The van der Waals surface area contributed by atoms with E-state index < -0.39 is 29.9 Å². The minimum atomic E-state index is -0.945. The second kappa shape index (κ2) is 8.98. The number of alkyl carbamates (subject to hydrolysis) is 1. The number of nitrogens with zero attached hydrogens (tertiary/aromatic N) is 1. The number of unbranched alkanes of at least 4 members (excludes halogenated alkanes) is 1. The smallest absolute Gasteiger partial charge is 0.407 e. The van der Waals surface area contributed by atoms with Crippen molar-refractivity contribution in [3.63, 3.8) is 0 Å². The minimum absolute atomic E-state index is 0.162. The zero-order valence-corrected chi connectivity index (χ0v) is 14.9. The zero-order chi connectivity index (χ0) is 19.1. The third kappa shape index (κ3) is 4.38. The van der Waals surface area contributed by atoms with Crippen LogP contribution in [0.2, 0.25) is 0 Å². The average Bonchev–Trinajstić information content (AvgIpc) is 2.89. The number of fused-ring (bicyclic) bond motifs is 1. The first-order valence-corrected chi connectivity index (χ1v) is 8.62. The van der Waals surface area contributed by atoms with Crippen molar-refractivity contribution in [2.45, 2.75) is 32.7 Å². The molecule has 0 radical (unpaired) electrons. The summed E-state index contributed by atoms with van der Waals surface area (Å²) < 4.78 is 4.92. The average molecular weight is 361 g/mol. The number of benzene rings is 1. The molecule has 8 nitrogen and oxygen atoms in total. The van der Waals surface area contributed by atoms with E-state index in [1.165, 1.54) is 6.92 Å². The number of carbonyl (C=O) groups excluding carboxylic acids is 4. The molecule has 1 aromatic carbocycles. The molecule has 2 N–H and O–H groups in total. The van der Waals surface area contributed by atoms with Gasteiger partial charge in [0.15, 0.2) is 0 Å². The monoisotopic (exact) mass is 361 g/mol. The van der Waals surface area contributed by atoms with Gasteiger partial charge in [-0.3, -0.25) is 19.3 Å². The molecular formula is C18H23N3O5. The van der Waals surface area contributed by atoms with Crippen LogP contribution in [0.15, 0.2) is 24.3 Å². The molecule has 1 heterocycles. The lowest BCUT2D eigenvalue weighted by molar-refractivity contribution is -0.124. The lowest BCUT2D eigenvalue weighted by Gasteiger charge is -2.21. The van der Waals surface area contributed by atoms with Crippen LogP contribution in [0.5, 0.6) is 0 Å². The van der Waals surface area contributed by atoms with Gasteiger partial charge in [-0.25, -0.2) is 4.79 Å². The SMILES string of the molecule is CCCCOC(=O)NCCNC(=O)C(C)N1C(=O)c2ccccc2C1=O. The van der Waals surface area contributed by atoms with E-state index in [4.69, 9.17) is 4.74 Å². The standard InChI is InChI=1S/C18H23N3O5/c1-3-4-11-26-18(25)20-10-9-19-15(22)12(2)21-16(23)13-7-5-6-8-14(13)17(21)24/h5-8,12H,3-4,9-11H2,1-2H3,(H,19,22)(H,20,25). The molecule has 2 rings (SSSR count). The fraction of sp³-hybridized carbons (Fsp3) is 0.444. The van der Waals surface area contributed by atoms with Gasteiger partial charge in [0.2, 0.25) is 5.91 Å². The highest BCUT2D eigenvalue weighted by Crippen LogP contribution is 2.24. The van der Waals surface area contributed by atoms with Gasteiger partial charge in [0.25, 0.3) is 11.8 Å². The molecule has 0 saturated carbocycles. The number of rotatable bonds is 8. The Morgan fingerprint density at radius 2 is 1.65 bits per heavy atom. The first kappa shape index (κ1) is 19.4. The predicted octanol–water partition coefficient (Wildman–Crippen LogP) is 1.31. The van der Waals surface area contributed by atoms with Gasteiger partial charge < -0.3 is 15.4 Å². The van der Waals surface area contributed by atoms with Gasteiger partial charge in [0, 0.05) is 13.1 Å². The van der Waals surface area contributed by atoms with E-state index in [0.717, 1.165) is 17.7 Å². The highest BCUT2D eigenvalue weighted by Gasteiger charge is 2.40. The quantitative estimate of drug-likeness (QED) is 0.537. The molecule has 0 bridgehead atoms. The Kier molecular flexibility index (Phi) is 6.71. The van der Waals surface area contributed by atoms with Crippen molar-refractivity contribution in [2.75, 3.05) is 19.7 Å². The first-order chi connectivity index (χ1) is 12.5. The van der Waals surface area contributed by atoms with Gasteiger partial charge in [-0.05, 0) is 25.5 Å². The Bertz CT molecular complexity index is 669. The van der Waals surface area contributed by atoms with Gasteiger partial charge >= 0.3 is 6.09 Å². The number of imide groups is 1. The number of ether oxygens (including phenoxy) is 1. The van der Waals surface area contributed by atoms with E-state index >= 15 is 0 Å². The van der Waals surface area contributed by atoms with Crippen LogP contribution >= 0.6 is 0 Å². The van der Waals surface area contributed by atoms with Crippen LogP contribution in [0.3, 0.4) is 0 Å². The summed E-state index contributed by atoms with van der Waals surface area (Å²) in [5.74, 6) is -1.43. The minimum Gasteiger partial charge on any atom is -0.450 e. The molecule has 0 spiro atoms. The van der Waals surface area contributed by atoms with E-state index in [9.17, 15) is 19.2 Å².